The number of aryl methyl sites for hydroxylation is 1. The van der Waals surface area contributed by atoms with Crippen molar-refractivity contribution in [1.82, 2.24) is 9.88 Å². The van der Waals surface area contributed by atoms with E-state index >= 15 is 0 Å². The first-order valence-corrected chi connectivity index (χ1v) is 14.2. The third-order valence-electron chi connectivity index (χ3n) is 5.63. The number of hydrogen-bond acceptors (Lipinski definition) is 3. The summed E-state index contributed by atoms with van der Waals surface area (Å²) >= 11 is 6.41. The molecule has 0 saturated carbocycles. The average molecular weight is 506 g/mol. The minimum absolute atomic E-state index is 0.195. The van der Waals surface area contributed by atoms with Crippen molar-refractivity contribution >= 4 is 50.2 Å². The molecule has 35 heavy (non-hydrogen) atoms. The third-order valence-corrected chi connectivity index (χ3v) is 6.91. The van der Waals surface area contributed by atoms with E-state index < -0.39 is 0 Å². The van der Waals surface area contributed by atoms with Crippen LogP contribution >= 0.6 is 22.1 Å². The van der Waals surface area contributed by atoms with Gasteiger partial charge in [0.05, 0.1) is 11.2 Å². The number of anilines is 2. The average Bonchev–Trinajstić information content (AvgIpc) is 2.85. The summed E-state index contributed by atoms with van der Waals surface area (Å²) in [4.78, 5) is 8.03. The number of fused-ring (bicyclic) bond motifs is 1. The fourth-order valence-corrected chi connectivity index (χ4v) is 4.97. The Morgan fingerprint density at radius 3 is 2.29 bits per heavy atom. The topological polar surface area (TPSA) is 28.2 Å². The Balaban J connectivity index is 0.00000167. The molecule has 1 unspecified atom stereocenters. The molecular weight excluding hydrogens is 470 g/mol. The van der Waals surface area contributed by atoms with Gasteiger partial charge >= 0.3 is 0 Å². The van der Waals surface area contributed by atoms with Gasteiger partial charge in [0.2, 0.25) is 0 Å². The smallest absolute Gasteiger partial charge is 0.0724 e. The molecule has 1 aromatic heterocycles. The molecule has 5 heteroatoms. The molecule has 0 aliphatic heterocycles. The molecule has 4 aromatic rings. The number of hydrogen-bond donors (Lipinski definition) is 1. The number of nitrogens with zero attached hydrogens (tertiary/aromatic N) is 2. The molecule has 3 nitrogen and oxygen atoms in total. The Morgan fingerprint density at radius 2 is 1.66 bits per heavy atom. The van der Waals surface area contributed by atoms with Crippen LogP contribution < -0.4 is 5.32 Å². The van der Waals surface area contributed by atoms with Gasteiger partial charge in [-0.3, -0.25) is 4.98 Å². The van der Waals surface area contributed by atoms with E-state index in [1.807, 2.05) is 32.2 Å². The number of nitrogens with one attached hydrogen (secondary N) is 1. The van der Waals surface area contributed by atoms with Crippen molar-refractivity contribution in [2.24, 2.45) is 0 Å². The summed E-state index contributed by atoms with van der Waals surface area (Å²) in [6, 6.07) is 21.3. The molecule has 0 bridgehead atoms. The van der Waals surface area contributed by atoms with Gasteiger partial charge < -0.3 is 10.2 Å². The van der Waals surface area contributed by atoms with E-state index in [0.29, 0.717) is 0 Å². The zero-order valence-corrected chi connectivity index (χ0v) is 23.2. The second-order valence-electron chi connectivity index (χ2n) is 8.63. The molecule has 0 aliphatic rings. The summed E-state index contributed by atoms with van der Waals surface area (Å²) in [6.45, 7) is 7.07. The van der Waals surface area contributed by atoms with Crippen LogP contribution in [-0.2, 0) is 13.0 Å². The highest BCUT2D eigenvalue weighted by molar-refractivity contribution is 8.13. The van der Waals surface area contributed by atoms with Crippen molar-refractivity contribution in [3.63, 3.8) is 0 Å². The summed E-state index contributed by atoms with van der Waals surface area (Å²) in [7, 11) is 3.97. The first-order valence-electron chi connectivity index (χ1n) is 12.0. The SMILES string of the molecule is C=S(C)c1cnc2ccc(-c3cc(Cl)cc(CC)c3)cc2c1Nc1ccc(CN(C)C)cc1.CC. The molecule has 0 fully saturated rings. The van der Waals surface area contributed by atoms with Crippen LogP contribution in [-0.4, -0.2) is 36.1 Å². The second kappa shape index (κ2) is 12.3. The maximum Gasteiger partial charge on any atom is 0.0724 e. The summed E-state index contributed by atoms with van der Waals surface area (Å²) < 4.78 is 0. The number of benzene rings is 3. The van der Waals surface area contributed by atoms with E-state index in [0.717, 1.165) is 56.3 Å². The standard InChI is InChI=1S/C28H30ClN3S.C2H6/c1-6-19-13-22(15-23(29)14-19)21-9-12-26-25(16-21)28(27(17-30-26)33(4)5)31-24-10-7-20(8-11-24)18-32(2)3;1-2/h7-17H,4,6,18H2,1-3,5H3,(H,30,31);1-2H3. The van der Waals surface area contributed by atoms with Crippen LogP contribution in [0.3, 0.4) is 0 Å². The lowest BCUT2D eigenvalue weighted by Crippen LogP contribution is -2.10. The minimum atomic E-state index is -0.195. The van der Waals surface area contributed by atoms with Crippen molar-refractivity contribution in [3.05, 3.63) is 83.0 Å². The Bertz CT molecular complexity index is 1310. The lowest BCUT2D eigenvalue weighted by atomic mass is 10.00. The Hall–Kier alpha value is -2.66. The van der Waals surface area contributed by atoms with E-state index in [1.54, 1.807) is 0 Å². The Kier molecular flexibility index (Phi) is 9.50. The summed E-state index contributed by atoms with van der Waals surface area (Å²) in [5.74, 6) is 4.30. The predicted molar refractivity (Wildman–Crippen MR) is 159 cm³/mol. The van der Waals surface area contributed by atoms with E-state index in [1.165, 1.54) is 11.1 Å². The zero-order chi connectivity index (χ0) is 25.5. The maximum atomic E-state index is 6.41. The van der Waals surface area contributed by atoms with Gasteiger partial charge in [0, 0.05) is 33.7 Å². The normalized spacial score (nSPS) is 11.8. The van der Waals surface area contributed by atoms with Crippen LogP contribution in [0.4, 0.5) is 11.4 Å². The number of pyridine rings is 1. The van der Waals surface area contributed by atoms with Crippen LogP contribution in [0, 0.1) is 0 Å². The van der Waals surface area contributed by atoms with Crippen molar-refractivity contribution in [1.29, 1.82) is 0 Å². The number of halogens is 1. The van der Waals surface area contributed by atoms with Crippen LogP contribution in [0.1, 0.15) is 31.9 Å². The second-order valence-corrected chi connectivity index (χ2v) is 10.8. The van der Waals surface area contributed by atoms with Crippen LogP contribution in [0.15, 0.2) is 71.8 Å². The molecular formula is C30H36ClN3S. The fourth-order valence-electron chi connectivity index (χ4n) is 3.97. The molecule has 4 rings (SSSR count). The number of rotatable bonds is 7. The fraction of sp³-hybridized carbons (Fsp3) is 0.267. The van der Waals surface area contributed by atoms with E-state index in [9.17, 15) is 0 Å². The molecule has 0 spiro atoms. The summed E-state index contributed by atoms with van der Waals surface area (Å²) in [6.07, 6.45) is 5.03. The van der Waals surface area contributed by atoms with E-state index in [2.05, 4.69) is 91.9 Å². The first kappa shape index (κ1) is 26.9. The summed E-state index contributed by atoms with van der Waals surface area (Å²) in [5, 5.41) is 5.53. The van der Waals surface area contributed by atoms with Crippen LogP contribution in [0.2, 0.25) is 5.02 Å². The lowest BCUT2D eigenvalue weighted by molar-refractivity contribution is 0.402. The van der Waals surface area contributed by atoms with E-state index in [-0.39, 0.29) is 10.5 Å². The lowest BCUT2D eigenvalue weighted by Gasteiger charge is -2.17. The molecule has 184 valence electrons. The third kappa shape index (κ3) is 6.72. The maximum absolute atomic E-state index is 6.41. The Labute approximate surface area is 218 Å². The van der Waals surface area contributed by atoms with Gasteiger partial charge in [0.15, 0.2) is 0 Å². The molecule has 0 saturated heterocycles. The van der Waals surface area contributed by atoms with Crippen LogP contribution in [0.25, 0.3) is 22.0 Å². The van der Waals surface area contributed by atoms with Crippen molar-refractivity contribution < 1.29 is 0 Å². The van der Waals surface area contributed by atoms with Gasteiger partial charge in [-0.1, -0.05) is 62.5 Å². The minimum Gasteiger partial charge on any atom is -0.354 e. The predicted octanol–water partition coefficient (Wildman–Crippen LogP) is 8.64. The molecule has 1 N–H and O–H groups in total. The molecule has 1 heterocycles. The van der Waals surface area contributed by atoms with Crippen molar-refractivity contribution in [2.75, 3.05) is 25.7 Å². The number of aromatic nitrogens is 1. The Morgan fingerprint density at radius 1 is 0.943 bits per heavy atom. The highest BCUT2D eigenvalue weighted by Gasteiger charge is 2.12. The van der Waals surface area contributed by atoms with Gasteiger partial charge in [0.25, 0.3) is 0 Å². The first-order chi connectivity index (χ1) is 16.8. The zero-order valence-electron chi connectivity index (χ0n) is 21.7. The quantitative estimate of drug-likeness (QED) is 0.255. The van der Waals surface area contributed by atoms with Gasteiger partial charge in [-0.2, -0.15) is 10.5 Å². The van der Waals surface area contributed by atoms with Crippen molar-refractivity contribution in [2.45, 2.75) is 38.6 Å². The monoisotopic (exact) mass is 505 g/mol. The van der Waals surface area contributed by atoms with Gasteiger partial charge in [-0.25, -0.2) is 0 Å². The molecule has 1 atom stereocenters. The molecule has 0 aliphatic carbocycles. The highest BCUT2D eigenvalue weighted by atomic mass is 35.5. The highest BCUT2D eigenvalue weighted by Crippen LogP contribution is 2.38. The molecule has 3 aromatic carbocycles. The van der Waals surface area contributed by atoms with Gasteiger partial charge in [-0.05, 0) is 85.4 Å². The van der Waals surface area contributed by atoms with Crippen molar-refractivity contribution in [3.8, 4) is 11.1 Å². The van der Waals surface area contributed by atoms with Crippen LogP contribution in [0.5, 0.6) is 0 Å². The van der Waals surface area contributed by atoms with Gasteiger partial charge in [0.1, 0.15) is 0 Å². The molecule has 0 radical (unpaired) electrons. The summed E-state index contributed by atoms with van der Waals surface area (Å²) in [5.41, 5.74) is 7.84. The molecule has 0 amide bonds. The van der Waals surface area contributed by atoms with E-state index in [4.69, 9.17) is 16.6 Å². The largest absolute Gasteiger partial charge is 0.354 e. The van der Waals surface area contributed by atoms with Gasteiger partial charge in [-0.15, -0.1) is 0 Å².